The van der Waals surface area contributed by atoms with E-state index in [9.17, 15) is 4.79 Å². The molecular weight excluding hydrogens is 116 g/mol. The maximum Gasteiger partial charge on any atom is 0.330 e. The second-order valence-corrected chi connectivity index (χ2v) is 1.62. The summed E-state index contributed by atoms with van der Waals surface area (Å²) in [5.74, 6) is -0.330. The number of rotatable bonds is 3. The topological polar surface area (TPSA) is 26.3 Å². The van der Waals surface area contributed by atoms with Crippen LogP contribution in [0.1, 0.15) is 19.8 Å². The van der Waals surface area contributed by atoms with Crippen LogP contribution in [0.2, 0.25) is 0 Å². The first-order valence-corrected chi connectivity index (χ1v) is 2.95. The fourth-order valence-electron chi connectivity index (χ4n) is 0.359. The number of allylic oxidation sites excluding steroid dienone is 1. The van der Waals surface area contributed by atoms with Gasteiger partial charge in [0.1, 0.15) is 0 Å². The van der Waals surface area contributed by atoms with E-state index < -0.39 is 0 Å². The Morgan fingerprint density at radius 2 is 2.44 bits per heavy atom. The number of unbranched alkanes of at least 4 members (excludes halogenated alkanes) is 1. The molecule has 0 heterocycles. The molecule has 51 valence electrons. The van der Waals surface area contributed by atoms with Crippen molar-refractivity contribution in [3.8, 4) is 0 Å². The van der Waals surface area contributed by atoms with E-state index in [-0.39, 0.29) is 5.97 Å². The molecular formula is C7H11O2. The predicted octanol–water partition coefficient (Wildman–Crippen LogP) is 1.32. The van der Waals surface area contributed by atoms with Crippen LogP contribution in [0, 0.1) is 6.08 Å². The molecule has 0 N–H and O–H groups in total. The van der Waals surface area contributed by atoms with E-state index in [1.54, 1.807) is 0 Å². The van der Waals surface area contributed by atoms with E-state index in [4.69, 9.17) is 0 Å². The quantitative estimate of drug-likeness (QED) is 0.422. The summed E-state index contributed by atoms with van der Waals surface area (Å²) in [6, 6.07) is 0. The van der Waals surface area contributed by atoms with Gasteiger partial charge in [-0.25, -0.2) is 4.79 Å². The minimum Gasteiger partial charge on any atom is -0.466 e. The fourth-order valence-corrected chi connectivity index (χ4v) is 0.359. The monoisotopic (exact) mass is 127 g/mol. The van der Waals surface area contributed by atoms with Crippen molar-refractivity contribution >= 4 is 5.97 Å². The standard InChI is InChI=1S/C7H11O2/c1-3-4-5-6-7(8)9-2/h6H,3-4H2,1-2H3. The summed E-state index contributed by atoms with van der Waals surface area (Å²) >= 11 is 0. The third kappa shape index (κ3) is 5.07. The van der Waals surface area contributed by atoms with Gasteiger partial charge in [-0.05, 0) is 12.5 Å². The predicted molar refractivity (Wildman–Crippen MR) is 34.7 cm³/mol. The zero-order valence-corrected chi connectivity index (χ0v) is 5.81. The molecule has 2 heteroatoms. The van der Waals surface area contributed by atoms with Gasteiger partial charge in [-0.3, -0.25) is 0 Å². The zero-order chi connectivity index (χ0) is 7.11. The Hall–Kier alpha value is -0.790. The van der Waals surface area contributed by atoms with Crippen molar-refractivity contribution in [1.29, 1.82) is 0 Å². The summed E-state index contributed by atoms with van der Waals surface area (Å²) < 4.78 is 4.34. The van der Waals surface area contributed by atoms with Crippen molar-refractivity contribution in [2.45, 2.75) is 19.8 Å². The molecule has 0 saturated carbocycles. The van der Waals surface area contributed by atoms with Gasteiger partial charge in [-0.15, -0.1) is 0 Å². The lowest BCUT2D eigenvalue weighted by Crippen LogP contribution is -1.93. The lowest BCUT2D eigenvalue weighted by Gasteiger charge is -1.86. The second-order valence-electron chi connectivity index (χ2n) is 1.62. The van der Waals surface area contributed by atoms with Crippen molar-refractivity contribution < 1.29 is 9.53 Å². The second kappa shape index (κ2) is 5.35. The Labute approximate surface area is 55.5 Å². The molecule has 0 aromatic carbocycles. The molecule has 0 saturated heterocycles. The fraction of sp³-hybridized carbons (Fsp3) is 0.571. The number of methoxy groups -OCH3 is 1. The number of carbonyl (C=O) groups excluding carboxylic acids is 1. The third-order valence-corrected chi connectivity index (χ3v) is 0.815. The van der Waals surface area contributed by atoms with Crippen LogP contribution >= 0.6 is 0 Å². The molecule has 0 aliphatic rings. The summed E-state index contributed by atoms with van der Waals surface area (Å²) in [7, 11) is 1.35. The maximum absolute atomic E-state index is 10.3. The maximum atomic E-state index is 10.3. The largest absolute Gasteiger partial charge is 0.466 e. The summed E-state index contributed by atoms with van der Waals surface area (Å²) in [4.78, 5) is 10.3. The molecule has 2 nitrogen and oxygen atoms in total. The van der Waals surface area contributed by atoms with Crippen molar-refractivity contribution in [2.75, 3.05) is 7.11 Å². The zero-order valence-electron chi connectivity index (χ0n) is 5.81. The number of esters is 1. The normalized spacial score (nSPS) is 10.0. The van der Waals surface area contributed by atoms with Crippen LogP contribution in [0.3, 0.4) is 0 Å². The summed E-state index contributed by atoms with van der Waals surface area (Å²) in [6.45, 7) is 2.03. The highest BCUT2D eigenvalue weighted by molar-refractivity contribution is 5.81. The molecule has 0 unspecified atom stereocenters. The first-order valence-electron chi connectivity index (χ1n) is 2.95. The minimum atomic E-state index is -0.330. The van der Waals surface area contributed by atoms with Gasteiger partial charge in [0.2, 0.25) is 0 Å². The van der Waals surface area contributed by atoms with Crippen molar-refractivity contribution in [3.63, 3.8) is 0 Å². The van der Waals surface area contributed by atoms with Gasteiger partial charge in [0, 0.05) is 6.08 Å². The van der Waals surface area contributed by atoms with Crippen LogP contribution in [0.4, 0.5) is 0 Å². The van der Waals surface area contributed by atoms with Crippen LogP contribution in [-0.4, -0.2) is 13.1 Å². The molecule has 0 aromatic heterocycles. The van der Waals surface area contributed by atoms with Crippen molar-refractivity contribution in [1.82, 2.24) is 0 Å². The minimum absolute atomic E-state index is 0.330. The Morgan fingerprint density at radius 1 is 1.78 bits per heavy atom. The molecule has 0 bridgehead atoms. The highest BCUT2D eigenvalue weighted by Gasteiger charge is 1.87. The number of hydrogen-bond acceptors (Lipinski definition) is 2. The molecule has 0 fully saturated rings. The average molecular weight is 127 g/mol. The SMILES string of the molecule is CCC[C]=CC(=O)OC. The van der Waals surface area contributed by atoms with Crippen molar-refractivity contribution in [2.24, 2.45) is 0 Å². The average Bonchev–Trinajstić information content (AvgIpc) is 1.89. The van der Waals surface area contributed by atoms with Gasteiger partial charge in [0.15, 0.2) is 0 Å². The lowest BCUT2D eigenvalue weighted by atomic mass is 10.3. The highest BCUT2D eigenvalue weighted by atomic mass is 16.5. The van der Waals surface area contributed by atoms with E-state index in [1.165, 1.54) is 13.2 Å². The molecule has 1 radical (unpaired) electrons. The van der Waals surface area contributed by atoms with Gasteiger partial charge in [-0.1, -0.05) is 13.3 Å². The lowest BCUT2D eigenvalue weighted by molar-refractivity contribution is -0.134. The molecule has 0 atom stereocenters. The Morgan fingerprint density at radius 3 is 2.89 bits per heavy atom. The molecule has 0 aliphatic heterocycles. The van der Waals surface area contributed by atoms with E-state index >= 15 is 0 Å². The Bertz CT molecular complexity index is 105. The first kappa shape index (κ1) is 8.21. The van der Waals surface area contributed by atoms with Crippen molar-refractivity contribution in [3.05, 3.63) is 12.2 Å². The summed E-state index contributed by atoms with van der Waals surface area (Å²) in [5.41, 5.74) is 0. The smallest absolute Gasteiger partial charge is 0.330 e. The van der Waals surface area contributed by atoms with Crippen LogP contribution in [0.5, 0.6) is 0 Å². The Kier molecular flexibility index (Phi) is 4.88. The van der Waals surface area contributed by atoms with E-state index in [0.717, 1.165) is 12.8 Å². The van der Waals surface area contributed by atoms with Gasteiger partial charge in [0.05, 0.1) is 7.11 Å². The van der Waals surface area contributed by atoms with Crippen LogP contribution < -0.4 is 0 Å². The molecule has 0 aliphatic carbocycles. The van der Waals surface area contributed by atoms with Gasteiger partial charge >= 0.3 is 5.97 Å². The molecule has 0 rings (SSSR count). The highest BCUT2D eigenvalue weighted by Crippen LogP contribution is 1.86. The van der Waals surface area contributed by atoms with Crippen LogP contribution in [0.15, 0.2) is 6.08 Å². The Balaban J connectivity index is 3.32. The van der Waals surface area contributed by atoms with E-state index in [0.29, 0.717) is 0 Å². The van der Waals surface area contributed by atoms with E-state index in [2.05, 4.69) is 10.8 Å². The van der Waals surface area contributed by atoms with Gasteiger partial charge in [-0.2, -0.15) is 0 Å². The molecule has 9 heavy (non-hydrogen) atoms. The van der Waals surface area contributed by atoms with Crippen LogP contribution in [-0.2, 0) is 9.53 Å². The number of hydrogen-bond donors (Lipinski definition) is 0. The van der Waals surface area contributed by atoms with Gasteiger partial charge in [0.25, 0.3) is 0 Å². The first-order chi connectivity index (χ1) is 4.31. The summed E-state index contributed by atoms with van der Waals surface area (Å²) in [6.07, 6.45) is 5.93. The molecule has 0 spiro atoms. The number of carbonyl (C=O) groups is 1. The van der Waals surface area contributed by atoms with Crippen LogP contribution in [0.25, 0.3) is 0 Å². The number of ether oxygens (including phenoxy) is 1. The van der Waals surface area contributed by atoms with E-state index in [1.807, 2.05) is 6.92 Å². The summed E-state index contributed by atoms with van der Waals surface area (Å²) in [5, 5.41) is 0. The van der Waals surface area contributed by atoms with Gasteiger partial charge < -0.3 is 4.74 Å². The molecule has 0 amide bonds. The molecule has 0 aromatic rings. The third-order valence-electron chi connectivity index (χ3n) is 0.815.